The number of amides is 1. The molecule has 0 aliphatic carbocycles. The number of anilines is 1. The number of hydrogen-bond donors (Lipinski definition) is 3. The van der Waals surface area contributed by atoms with Crippen molar-refractivity contribution in [1.29, 1.82) is 0 Å². The lowest BCUT2D eigenvalue weighted by molar-refractivity contribution is -0.122. The molecule has 4 N–H and O–H groups in total. The predicted molar refractivity (Wildman–Crippen MR) is 106 cm³/mol. The van der Waals surface area contributed by atoms with Crippen molar-refractivity contribution in [2.45, 2.75) is 37.1 Å². The van der Waals surface area contributed by atoms with Crippen LogP contribution in [0.1, 0.15) is 36.5 Å². The third-order valence-corrected chi connectivity index (χ3v) is 5.52. The van der Waals surface area contributed by atoms with Crippen LogP contribution in [0.3, 0.4) is 0 Å². The molecule has 2 rings (SSSR count). The van der Waals surface area contributed by atoms with Gasteiger partial charge in [0.2, 0.25) is 15.9 Å². The highest BCUT2D eigenvalue weighted by molar-refractivity contribution is 7.89. The highest BCUT2D eigenvalue weighted by Crippen LogP contribution is 2.24. The zero-order valence-electron chi connectivity index (χ0n) is 16.2. The van der Waals surface area contributed by atoms with Crippen molar-refractivity contribution in [2.75, 3.05) is 38.6 Å². The van der Waals surface area contributed by atoms with Gasteiger partial charge in [-0.05, 0) is 37.5 Å². The van der Waals surface area contributed by atoms with Gasteiger partial charge in [-0.1, -0.05) is 6.92 Å². The molecule has 0 saturated carbocycles. The SMILES string of the molecule is CCCNC(=O)CN1CCC(Nc2ccc(S(N)(=O)=O)cc2C(=O)OC)CC1. The van der Waals surface area contributed by atoms with Gasteiger partial charge < -0.3 is 15.4 Å². The zero-order valence-corrected chi connectivity index (χ0v) is 17.0. The van der Waals surface area contributed by atoms with Gasteiger partial charge in [0.05, 0.1) is 24.1 Å². The molecule has 0 aromatic heterocycles. The zero-order chi connectivity index (χ0) is 20.7. The number of nitrogens with two attached hydrogens (primary N) is 1. The van der Waals surface area contributed by atoms with Crippen molar-refractivity contribution in [3.05, 3.63) is 23.8 Å². The van der Waals surface area contributed by atoms with Crippen molar-refractivity contribution < 1.29 is 22.7 Å². The Morgan fingerprint density at radius 1 is 1.29 bits per heavy atom. The summed E-state index contributed by atoms with van der Waals surface area (Å²) < 4.78 is 27.9. The molecule has 1 saturated heterocycles. The maximum atomic E-state index is 12.1. The fourth-order valence-electron chi connectivity index (χ4n) is 3.08. The largest absolute Gasteiger partial charge is 0.465 e. The summed E-state index contributed by atoms with van der Waals surface area (Å²) in [6.07, 6.45) is 2.49. The molecule has 28 heavy (non-hydrogen) atoms. The van der Waals surface area contributed by atoms with Gasteiger partial charge in [-0.2, -0.15) is 0 Å². The number of sulfonamides is 1. The van der Waals surface area contributed by atoms with Gasteiger partial charge in [0.25, 0.3) is 0 Å². The quantitative estimate of drug-likeness (QED) is 0.531. The van der Waals surface area contributed by atoms with Gasteiger partial charge in [-0.15, -0.1) is 0 Å². The van der Waals surface area contributed by atoms with E-state index in [-0.39, 0.29) is 22.4 Å². The highest BCUT2D eigenvalue weighted by atomic mass is 32.2. The Bertz CT molecular complexity index is 804. The number of benzene rings is 1. The molecule has 1 aromatic carbocycles. The number of methoxy groups -OCH3 is 1. The Kier molecular flexibility index (Phi) is 7.78. The van der Waals surface area contributed by atoms with E-state index in [9.17, 15) is 18.0 Å². The molecule has 0 unspecified atom stereocenters. The molecule has 9 nitrogen and oxygen atoms in total. The molecular weight excluding hydrogens is 384 g/mol. The van der Waals surface area contributed by atoms with Crippen molar-refractivity contribution >= 4 is 27.6 Å². The number of likely N-dealkylation sites (tertiary alicyclic amines) is 1. The average molecular weight is 413 g/mol. The van der Waals surface area contributed by atoms with Crippen LogP contribution in [-0.2, 0) is 19.6 Å². The summed E-state index contributed by atoms with van der Waals surface area (Å²) in [5.41, 5.74) is 0.619. The first-order valence-corrected chi connectivity index (χ1v) is 10.8. The monoisotopic (exact) mass is 412 g/mol. The Hall–Kier alpha value is -2.17. The van der Waals surface area contributed by atoms with Gasteiger partial charge in [0.15, 0.2) is 0 Å². The summed E-state index contributed by atoms with van der Waals surface area (Å²) in [6.45, 7) is 4.57. The number of carbonyl (C=O) groups excluding carboxylic acids is 2. The first-order chi connectivity index (χ1) is 13.2. The Morgan fingerprint density at radius 2 is 1.96 bits per heavy atom. The highest BCUT2D eigenvalue weighted by Gasteiger charge is 2.23. The maximum absolute atomic E-state index is 12.1. The molecule has 1 aromatic rings. The summed E-state index contributed by atoms with van der Waals surface area (Å²) in [4.78, 5) is 25.8. The normalized spacial score (nSPS) is 15.8. The summed E-state index contributed by atoms with van der Waals surface area (Å²) in [7, 11) is -2.69. The minimum absolute atomic E-state index is 0.0276. The number of nitrogens with one attached hydrogen (secondary N) is 2. The number of carbonyl (C=O) groups is 2. The third-order valence-electron chi connectivity index (χ3n) is 4.61. The van der Waals surface area contributed by atoms with E-state index in [4.69, 9.17) is 9.88 Å². The number of rotatable bonds is 8. The molecule has 10 heteroatoms. The Labute approximate surface area is 165 Å². The van der Waals surface area contributed by atoms with E-state index in [1.165, 1.54) is 25.3 Å². The van der Waals surface area contributed by atoms with Crippen LogP contribution >= 0.6 is 0 Å². The second kappa shape index (κ2) is 9.85. The maximum Gasteiger partial charge on any atom is 0.340 e. The van der Waals surface area contributed by atoms with E-state index in [0.717, 1.165) is 32.4 Å². The second-order valence-electron chi connectivity index (χ2n) is 6.79. The first-order valence-electron chi connectivity index (χ1n) is 9.25. The van der Waals surface area contributed by atoms with Crippen LogP contribution in [0.15, 0.2) is 23.1 Å². The van der Waals surface area contributed by atoms with Crippen LogP contribution in [0, 0.1) is 0 Å². The summed E-state index contributed by atoms with van der Waals surface area (Å²) in [6, 6.07) is 4.20. The molecule has 1 heterocycles. The summed E-state index contributed by atoms with van der Waals surface area (Å²) >= 11 is 0. The van der Waals surface area contributed by atoms with Crippen LogP contribution in [-0.4, -0.2) is 64.5 Å². The first kappa shape index (κ1) is 22.1. The smallest absolute Gasteiger partial charge is 0.340 e. The van der Waals surface area contributed by atoms with Crippen molar-refractivity contribution in [1.82, 2.24) is 10.2 Å². The van der Waals surface area contributed by atoms with Crippen LogP contribution in [0.5, 0.6) is 0 Å². The lowest BCUT2D eigenvalue weighted by Crippen LogP contribution is -2.44. The van der Waals surface area contributed by atoms with Crippen LogP contribution in [0.4, 0.5) is 5.69 Å². The van der Waals surface area contributed by atoms with Crippen molar-refractivity contribution in [3.8, 4) is 0 Å². The Balaban J connectivity index is 2.01. The van der Waals surface area contributed by atoms with Crippen LogP contribution in [0.25, 0.3) is 0 Å². The van der Waals surface area contributed by atoms with E-state index >= 15 is 0 Å². The van der Waals surface area contributed by atoms with Crippen molar-refractivity contribution in [3.63, 3.8) is 0 Å². The fraction of sp³-hybridized carbons (Fsp3) is 0.556. The molecule has 156 valence electrons. The van der Waals surface area contributed by atoms with Gasteiger partial charge >= 0.3 is 5.97 Å². The lowest BCUT2D eigenvalue weighted by Gasteiger charge is -2.32. The lowest BCUT2D eigenvalue weighted by atomic mass is 10.0. The number of esters is 1. The fourth-order valence-corrected chi connectivity index (χ4v) is 3.62. The van der Waals surface area contributed by atoms with Crippen LogP contribution < -0.4 is 15.8 Å². The molecule has 1 aliphatic heterocycles. The van der Waals surface area contributed by atoms with E-state index in [0.29, 0.717) is 18.8 Å². The number of primary sulfonamides is 1. The minimum atomic E-state index is -3.92. The standard InChI is InChI=1S/C18H28N4O5S/c1-3-8-20-17(23)12-22-9-6-13(7-10-22)21-16-5-4-14(28(19,25)26)11-15(16)18(24)27-2/h4-5,11,13,21H,3,6-10,12H2,1-2H3,(H,20,23)(H2,19,25,26). The van der Waals surface area contributed by atoms with Crippen molar-refractivity contribution in [2.24, 2.45) is 5.14 Å². The molecule has 0 bridgehead atoms. The second-order valence-corrected chi connectivity index (χ2v) is 8.35. The number of nitrogens with zero attached hydrogens (tertiary/aromatic N) is 1. The van der Waals surface area contributed by atoms with Gasteiger partial charge in [0, 0.05) is 31.4 Å². The average Bonchev–Trinajstić information content (AvgIpc) is 2.66. The molecule has 0 spiro atoms. The van der Waals surface area contributed by atoms with Crippen LogP contribution in [0.2, 0.25) is 0 Å². The molecular formula is C18H28N4O5S. The van der Waals surface area contributed by atoms with Gasteiger partial charge in [-0.3, -0.25) is 9.69 Å². The molecule has 1 amide bonds. The number of piperidine rings is 1. The molecule has 1 aliphatic rings. The molecule has 0 atom stereocenters. The number of ether oxygens (including phenoxy) is 1. The van der Waals surface area contributed by atoms with E-state index in [1.54, 1.807) is 0 Å². The van der Waals surface area contributed by atoms with Gasteiger partial charge in [0.1, 0.15) is 0 Å². The molecule has 0 radical (unpaired) electrons. The third kappa shape index (κ3) is 6.18. The summed E-state index contributed by atoms with van der Waals surface area (Å²) in [5.74, 6) is -0.613. The predicted octanol–water partition coefficient (Wildman–Crippen LogP) is 0.523. The van der Waals surface area contributed by atoms with E-state index in [1.807, 2.05) is 6.92 Å². The Morgan fingerprint density at radius 3 is 2.54 bits per heavy atom. The topological polar surface area (TPSA) is 131 Å². The van der Waals surface area contributed by atoms with E-state index in [2.05, 4.69) is 15.5 Å². The van der Waals surface area contributed by atoms with Gasteiger partial charge in [-0.25, -0.2) is 18.4 Å². The minimum Gasteiger partial charge on any atom is -0.465 e. The molecule has 1 fully saturated rings. The number of hydrogen-bond acceptors (Lipinski definition) is 7. The van der Waals surface area contributed by atoms with E-state index < -0.39 is 16.0 Å². The summed E-state index contributed by atoms with van der Waals surface area (Å²) in [5, 5.41) is 11.3.